The van der Waals surface area contributed by atoms with Crippen LogP contribution in [0.2, 0.25) is 0 Å². The van der Waals surface area contributed by atoms with Gasteiger partial charge in [-0.1, -0.05) is 5.57 Å². The van der Waals surface area contributed by atoms with Gasteiger partial charge < -0.3 is 14.8 Å². The van der Waals surface area contributed by atoms with E-state index < -0.39 is 12.1 Å². The molecule has 0 atom stereocenters. The summed E-state index contributed by atoms with van der Waals surface area (Å²) in [6.45, 7) is 3.73. The number of nitrogens with one attached hydrogen (secondary N) is 1. The van der Waals surface area contributed by atoms with Crippen molar-refractivity contribution in [2.45, 2.75) is 26.4 Å². The summed E-state index contributed by atoms with van der Waals surface area (Å²) in [5.41, 5.74) is 2.51. The van der Waals surface area contributed by atoms with Gasteiger partial charge in [0.1, 0.15) is 11.5 Å². The second-order valence-corrected chi connectivity index (χ2v) is 5.14. The van der Waals surface area contributed by atoms with E-state index >= 15 is 0 Å². The number of methoxy groups -OCH3 is 2. The van der Waals surface area contributed by atoms with Crippen molar-refractivity contribution < 1.29 is 27.4 Å². The Labute approximate surface area is 133 Å². The molecular weight excluding hydrogens is 311 g/mol. The molecule has 0 heterocycles. The van der Waals surface area contributed by atoms with Crippen LogP contribution in [0, 0.1) is 0 Å². The number of hydrogen-bond acceptors (Lipinski definition) is 3. The highest BCUT2D eigenvalue weighted by molar-refractivity contribution is 5.81. The van der Waals surface area contributed by atoms with E-state index in [1.165, 1.54) is 14.2 Å². The zero-order chi connectivity index (χ0) is 17.6. The number of ether oxygens (including phenoxy) is 2. The van der Waals surface area contributed by atoms with E-state index in [4.69, 9.17) is 9.47 Å². The first-order chi connectivity index (χ1) is 10.7. The quantitative estimate of drug-likeness (QED) is 0.870. The van der Waals surface area contributed by atoms with Crippen LogP contribution in [0.25, 0.3) is 6.08 Å². The van der Waals surface area contributed by atoms with Crippen LogP contribution < -0.4 is 14.8 Å². The number of hydrogen-bond donors (Lipinski definition) is 1. The van der Waals surface area contributed by atoms with Crippen LogP contribution in [0.4, 0.5) is 13.2 Å². The van der Waals surface area contributed by atoms with Crippen LogP contribution in [0.3, 0.4) is 0 Å². The lowest BCUT2D eigenvalue weighted by Gasteiger charge is -2.14. The number of carbonyl (C=O) groups is 1. The minimum atomic E-state index is -4.87. The first-order valence-electron chi connectivity index (χ1n) is 6.93. The van der Waals surface area contributed by atoms with E-state index in [9.17, 15) is 18.0 Å². The number of benzene rings is 1. The Morgan fingerprint density at radius 3 is 2.09 bits per heavy atom. The Bertz CT molecular complexity index is 566. The Hall–Kier alpha value is -2.18. The molecule has 128 valence electrons. The fourth-order valence-corrected chi connectivity index (χ4v) is 1.99. The minimum absolute atomic E-state index is 0.132. The fourth-order valence-electron chi connectivity index (χ4n) is 1.99. The molecule has 1 N–H and O–H groups in total. The normalized spacial score (nSPS) is 10.9. The highest BCUT2D eigenvalue weighted by Crippen LogP contribution is 2.32. The Morgan fingerprint density at radius 1 is 1.17 bits per heavy atom. The largest absolute Gasteiger partial charge is 0.496 e. The highest BCUT2D eigenvalue weighted by Gasteiger charge is 2.38. The van der Waals surface area contributed by atoms with Gasteiger partial charge in [-0.15, -0.1) is 0 Å². The first-order valence-corrected chi connectivity index (χ1v) is 6.93. The molecule has 4 nitrogen and oxygen atoms in total. The average molecular weight is 331 g/mol. The van der Waals surface area contributed by atoms with Gasteiger partial charge in [-0.05, 0) is 44.0 Å². The van der Waals surface area contributed by atoms with Crippen molar-refractivity contribution in [3.8, 4) is 11.5 Å². The maximum atomic E-state index is 12.1. The van der Waals surface area contributed by atoms with E-state index in [2.05, 4.69) is 0 Å². The minimum Gasteiger partial charge on any atom is -0.496 e. The molecule has 0 unspecified atom stereocenters. The summed E-state index contributed by atoms with van der Waals surface area (Å²) in [5, 5.41) is 1.84. The molecule has 0 radical (unpaired) electrons. The molecule has 1 amide bonds. The molecule has 0 saturated heterocycles. The van der Waals surface area contributed by atoms with Crippen molar-refractivity contribution in [2.24, 2.45) is 0 Å². The van der Waals surface area contributed by atoms with Crippen molar-refractivity contribution in [1.29, 1.82) is 0 Å². The van der Waals surface area contributed by atoms with E-state index in [0.717, 1.165) is 11.1 Å². The smallest absolute Gasteiger partial charge is 0.471 e. The van der Waals surface area contributed by atoms with Crippen molar-refractivity contribution in [3.63, 3.8) is 0 Å². The summed E-state index contributed by atoms with van der Waals surface area (Å²) < 4.78 is 47.0. The van der Waals surface area contributed by atoms with E-state index in [0.29, 0.717) is 17.1 Å². The lowest BCUT2D eigenvalue weighted by atomic mass is 10.0. The molecule has 0 bridgehead atoms. The predicted molar refractivity (Wildman–Crippen MR) is 81.6 cm³/mol. The lowest BCUT2D eigenvalue weighted by molar-refractivity contribution is -0.173. The van der Waals surface area contributed by atoms with Gasteiger partial charge in [0.05, 0.1) is 19.8 Å². The molecule has 1 aromatic carbocycles. The molecule has 1 rings (SSSR count). The molecule has 0 aliphatic carbocycles. The fraction of sp³-hybridized carbons (Fsp3) is 0.438. The lowest BCUT2D eigenvalue weighted by Crippen LogP contribution is -2.37. The third kappa shape index (κ3) is 5.50. The Balaban J connectivity index is 2.93. The van der Waals surface area contributed by atoms with Gasteiger partial charge in [0.15, 0.2) is 0 Å². The van der Waals surface area contributed by atoms with Gasteiger partial charge in [0.25, 0.3) is 0 Å². The highest BCUT2D eigenvalue weighted by atomic mass is 19.4. The molecular formula is C16H20F3NO3. The van der Waals surface area contributed by atoms with Crippen molar-refractivity contribution in [2.75, 3.05) is 20.8 Å². The van der Waals surface area contributed by atoms with Crippen LogP contribution in [-0.2, 0) is 11.2 Å². The second kappa shape index (κ2) is 7.89. The summed E-state index contributed by atoms with van der Waals surface area (Å²) in [6.07, 6.45) is -2.75. The monoisotopic (exact) mass is 331 g/mol. The summed E-state index contributed by atoms with van der Waals surface area (Å²) in [5.74, 6) is -0.831. The number of carbonyl (C=O) groups excluding carboxylic acids is 1. The van der Waals surface area contributed by atoms with Crippen molar-refractivity contribution >= 4 is 12.0 Å². The maximum absolute atomic E-state index is 12.1. The summed E-state index contributed by atoms with van der Waals surface area (Å²) in [6, 6.07) is 3.44. The van der Waals surface area contributed by atoms with Crippen LogP contribution >= 0.6 is 0 Å². The zero-order valence-corrected chi connectivity index (χ0v) is 13.5. The van der Waals surface area contributed by atoms with Crippen LogP contribution in [0.1, 0.15) is 25.0 Å². The first kappa shape index (κ1) is 18.9. The number of rotatable bonds is 6. The van der Waals surface area contributed by atoms with Crippen LogP contribution in [0.5, 0.6) is 11.5 Å². The van der Waals surface area contributed by atoms with Gasteiger partial charge in [0.2, 0.25) is 0 Å². The average Bonchev–Trinajstić information content (AvgIpc) is 2.46. The predicted octanol–water partition coefficient (Wildman–Crippen LogP) is 3.35. The molecule has 0 spiro atoms. The number of alkyl halides is 3. The van der Waals surface area contributed by atoms with Gasteiger partial charge in [0, 0.05) is 6.54 Å². The molecule has 23 heavy (non-hydrogen) atoms. The van der Waals surface area contributed by atoms with Gasteiger partial charge in [-0.2, -0.15) is 13.2 Å². The van der Waals surface area contributed by atoms with E-state index in [-0.39, 0.29) is 13.0 Å². The molecule has 1 aromatic rings. The second-order valence-electron chi connectivity index (χ2n) is 5.14. The molecule has 0 aliphatic rings. The number of halogens is 3. The van der Waals surface area contributed by atoms with E-state index in [1.807, 2.05) is 25.2 Å². The summed E-state index contributed by atoms with van der Waals surface area (Å²) in [7, 11) is 3.01. The standard InChI is InChI=1S/C16H20F3NO3/c1-10(2)7-12-13(22-3)8-11(9-14(12)23-4)5-6-20-15(21)16(17,18)19/h7-9H,5-6H2,1-4H3,(H,20,21). The third-order valence-electron chi connectivity index (χ3n) is 2.99. The van der Waals surface area contributed by atoms with Crippen molar-refractivity contribution in [1.82, 2.24) is 5.32 Å². The molecule has 7 heteroatoms. The summed E-state index contributed by atoms with van der Waals surface area (Å²) in [4.78, 5) is 10.8. The van der Waals surface area contributed by atoms with Gasteiger partial charge in [-0.3, -0.25) is 4.79 Å². The van der Waals surface area contributed by atoms with Crippen LogP contribution in [-0.4, -0.2) is 32.8 Å². The molecule has 0 fully saturated rings. The molecule has 0 saturated carbocycles. The molecule has 0 aromatic heterocycles. The number of allylic oxidation sites excluding steroid dienone is 1. The van der Waals surface area contributed by atoms with Gasteiger partial charge >= 0.3 is 12.1 Å². The third-order valence-corrected chi connectivity index (χ3v) is 2.99. The Morgan fingerprint density at radius 2 is 1.70 bits per heavy atom. The summed E-state index contributed by atoms with van der Waals surface area (Å²) >= 11 is 0. The molecule has 0 aliphatic heterocycles. The maximum Gasteiger partial charge on any atom is 0.471 e. The van der Waals surface area contributed by atoms with E-state index in [1.54, 1.807) is 12.1 Å². The SMILES string of the molecule is COc1cc(CCNC(=O)C(F)(F)F)cc(OC)c1C=C(C)C. The van der Waals surface area contributed by atoms with Crippen molar-refractivity contribution in [3.05, 3.63) is 28.8 Å². The Kier molecular flexibility index (Phi) is 6.48. The van der Waals surface area contributed by atoms with Crippen LogP contribution in [0.15, 0.2) is 17.7 Å². The van der Waals surface area contributed by atoms with Gasteiger partial charge in [-0.25, -0.2) is 0 Å². The number of amides is 1. The topological polar surface area (TPSA) is 47.6 Å². The zero-order valence-electron chi connectivity index (χ0n) is 13.5.